The van der Waals surface area contributed by atoms with Gasteiger partial charge in [-0.3, -0.25) is 4.79 Å². The molecule has 20 heavy (non-hydrogen) atoms. The molecule has 0 spiro atoms. The summed E-state index contributed by atoms with van der Waals surface area (Å²) >= 11 is 0. The maximum atomic E-state index is 11.8. The molecule has 1 rings (SSSR count). The normalized spacial score (nSPS) is 11.1. The summed E-state index contributed by atoms with van der Waals surface area (Å²) in [6.07, 6.45) is 0.951. The second-order valence-electron chi connectivity index (χ2n) is 5.77. The summed E-state index contributed by atoms with van der Waals surface area (Å²) in [7, 11) is 1.62. The van der Waals surface area contributed by atoms with Crippen molar-refractivity contribution in [3.8, 4) is 11.5 Å². The lowest BCUT2D eigenvalue weighted by Gasteiger charge is -2.18. The van der Waals surface area contributed by atoms with E-state index in [1.165, 1.54) is 0 Å². The van der Waals surface area contributed by atoms with E-state index >= 15 is 0 Å². The smallest absolute Gasteiger partial charge is 0.225 e. The predicted octanol–water partition coefficient (Wildman–Crippen LogP) is 3.15. The van der Waals surface area contributed by atoms with Gasteiger partial charge in [0.15, 0.2) is 11.5 Å². The lowest BCUT2D eigenvalue weighted by atomic mass is 9.95. The SMILES string of the molecule is CCCOc1ccc(CNC(=O)C(C)(C)C)cc1OC. The molecule has 0 aliphatic rings. The van der Waals surface area contributed by atoms with Crippen molar-refractivity contribution in [2.75, 3.05) is 13.7 Å². The Bertz CT molecular complexity index is 450. The highest BCUT2D eigenvalue weighted by atomic mass is 16.5. The molecule has 4 nitrogen and oxygen atoms in total. The first kappa shape index (κ1) is 16.3. The van der Waals surface area contributed by atoms with Gasteiger partial charge < -0.3 is 14.8 Å². The number of carbonyl (C=O) groups is 1. The first-order valence-corrected chi connectivity index (χ1v) is 6.96. The first-order chi connectivity index (χ1) is 9.38. The van der Waals surface area contributed by atoms with E-state index in [1.807, 2.05) is 39.0 Å². The highest BCUT2D eigenvalue weighted by molar-refractivity contribution is 5.81. The summed E-state index contributed by atoms with van der Waals surface area (Å²) in [5, 5.41) is 2.92. The summed E-state index contributed by atoms with van der Waals surface area (Å²) in [5.41, 5.74) is 0.608. The molecule has 0 fully saturated rings. The summed E-state index contributed by atoms with van der Waals surface area (Å²) in [5.74, 6) is 1.46. The van der Waals surface area contributed by atoms with Crippen LogP contribution in [-0.4, -0.2) is 19.6 Å². The average molecular weight is 279 g/mol. The fraction of sp³-hybridized carbons (Fsp3) is 0.562. The number of hydrogen-bond acceptors (Lipinski definition) is 3. The number of hydrogen-bond donors (Lipinski definition) is 1. The predicted molar refractivity (Wildman–Crippen MR) is 80.1 cm³/mol. The fourth-order valence-corrected chi connectivity index (χ4v) is 1.60. The van der Waals surface area contributed by atoms with E-state index in [1.54, 1.807) is 7.11 Å². The number of ether oxygens (including phenoxy) is 2. The molecule has 0 saturated heterocycles. The lowest BCUT2D eigenvalue weighted by Crippen LogP contribution is -2.34. The van der Waals surface area contributed by atoms with Crippen LogP contribution in [0, 0.1) is 5.41 Å². The van der Waals surface area contributed by atoms with E-state index in [4.69, 9.17) is 9.47 Å². The van der Waals surface area contributed by atoms with Crippen LogP contribution >= 0.6 is 0 Å². The molecule has 1 aromatic rings. The maximum absolute atomic E-state index is 11.8. The second kappa shape index (κ2) is 7.17. The molecule has 0 heterocycles. The summed E-state index contributed by atoms with van der Waals surface area (Å²) in [6, 6.07) is 5.72. The van der Waals surface area contributed by atoms with Gasteiger partial charge in [-0.25, -0.2) is 0 Å². The van der Waals surface area contributed by atoms with Crippen LogP contribution in [0.5, 0.6) is 11.5 Å². The van der Waals surface area contributed by atoms with Gasteiger partial charge in [0.25, 0.3) is 0 Å². The van der Waals surface area contributed by atoms with Crippen molar-refractivity contribution in [2.24, 2.45) is 5.41 Å². The van der Waals surface area contributed by atoms with E-state index in [2.05, 4.69) is 12.2 Å². The van der Waals surface area contributed by atoms with Crippen LogP contribution in [0.25, 0.3) is 0 Å². The van der Waals surface area contributed by atoms with Gasteiger partial charge in [-0.05, 0) is 24.1 Å². The Kier molecular flexibility index (Phi) is 5.86. The number of rotatable bonds is 6. The van der Waals surface area contributed by atoms with Gasteiger partial charge >= 0.3 is 0 Å². The zero-order valence-corrected chi connectivity index (χ0v) is 13.1. The molecule has 0 aliphatic heterocycles. The van der Waals surface area contributed by atoms with Crippen LogP contribution in [0.3, 0.4) is 0 Å². The molecule has 1 amide bonds. The van der Waals surface area contributed by atoms with Gasteiger partial charge in [-0.1, -0.05) is 33.8 Å². The molecule has 112 valence electrons. The molecular weight excluding hydrogens is 254 g/mol. The van der Waals surface area contributed by atoms with Crippen LogP contribution in [-0.2, 0) is 11.3 Å². The quantitative estimate of drug-likeness (QED) is 0.870. The Labute approximate surface area is 121 Å². The van der Waals surface area contributed by atoms with Gasteiger partial charge in [0.1, 0.15) is 0 Å². The van der Waals surface area contributed by atoms with Gasteiger partial charge in [0.2, 0.25) is 5.91 Å². The molecule has 0 bridgehead atoms. The molecule has 0 atom stereocenters. The topological polar surface area (TPSA) is 47.6 Å². The van der Waals surface area contributed by atoms with E-state index < -0.39 is 0 Å². The van der Waals surface area contributed by atoms with Crippen molar-refractivity contribution >= 4 is 5.91 Å². The van der Waals surface area contributed by atoms with Crippen molar-refractivity contribution in [3.05, 3.63) is 23.8 Å². The molecule has 1 N–H and O–H groups in total. The third-order valence-electron chi connectivity index (χ3n) is 2.82. The van der Waals surface area contributed by atoms with Crippen molar-refractivity contribution in [2.45, 2.75) is 40.7 Å². The van der Waals surface area contributed by atoms with Crippen LogP contribution in [0.1, 0.15) is 39.7 Å². The van der Waals surface area contributed by atoms with E-state index in [0.29, 0.717) is 18.9 Å². The van der Waals surface area contributed by atoms with Crippen molar-refractivity contribution in [1.29, 1.82) is 0 Å². The Morgan fingerprint density at radius 2 is 1.95 bits per heavy atom. The third-order valence-corrected chi connectivity index (χ3v) is 2.82. The van der Waals surface area contributed by atoms with Gasteiger partial charge in [-0.2, -0.15) is 0 Å². The monoisotopic (exact) mass is 279 g/mol. The van der Waals surface area contributed by atoms with Crippen LogP contribution in [0.2, 0.25) is 0 Å². The second-order valence-corrected chi connectivity index (χ2v) is 5.77. The van der Waals surface area contributed by atoms with Crippen molar-refractivity contribution < 1.29 is 14.3 Å². The molecule has 1 aromatic carbocycles. The fourth-order valence-electron chi connectivity index (χ4n) is 1.60. The molecule has 0 saturated carbocycles. The Hall–Kier alpha value is -1.71. The summed E-state index contributed by atoms with van der Waals surface area (Å²) < 4.78 is 10.9. The molecule has 4 heteroatoms. The van der Waals surface area contributed by atoms with E-state index in [9.17, 15) is 4.79 Å². The number of nitrogens with one attached hydrogen (secondary N) is 1. The number of carbonyl (C=O) groups excluding carboxylic acids is 1. The van der Waals surface area contributed by atoms with E-state index in [-0.39, 0.29) is 11.3 Å². The molecule has 0 radical (unpaired) electrons. The number of methoxy groups -OCH3 is 1. The standard InChI is InChI=1S/C16H25NO3/c1-6-9-20-13-8-7-12(10-14(13)19-5)11-17-15(18)16(2,3)4/h7-8,10H,6,9,11H2,1-5H3,(H,17,18). The van der Waals surface area contributed by atoms with E-state index in [0.717, 1.165) is 17.7 Å². The van der Waals surface area contributed by atoms with Crippen molar-refractivity contribution in [3.63, 3.8) is 0 Å². The zero-order valence-electron chi connectivity index (χ0n) is 13.1. The zero-order chi connectivity index (χ0) is 15.2. The molecule has 0 aliphatic carbocycles. The van der Waals surface area contributed by atoms with Crippen LogP contribution < -0.4 is 14.8 Å². The van der Waals surface area contributed by atoms with Crippen LogP contribution in [0.4, 0.5) is 0 Å². The highest BCUT2D eigenvalue weighted by Crippen LogP contribution is 2.28. The molecular formula is C16H25NO3. The van der Waals surface area contributed by atoms with Gasteiger partial charge in [-0.15, -0.1) is 0 Å². The molecule has 0 aromatic heterocycles. The van der Waals surface area contributed by atoms with Crippen LogP contribution in [0.15, 0.2) is 18.2 Å². The number of amides is 1. The Morgan fingerprint density at radius 1 is 1.25 bits per heavy atom. The minimum Gasteiger partial charge on any atom is -0.493 e. The Morgan fingerprint density at radius 3 is 2.50 bits per heavy atom. The van der Waals surface area contributed by atoms with Crippen molar-refractivity contribution in [1.82, 2.24) is 5.32 Å². The lowest BCUT2D eigenvalue weighted by molar-refractivity contribution is -0.128. The first-order valence-electron chi connectivity index (χ1n) is 6.96. The average Bonchev–Trinajstić information content (AvgIpc) is 2.41. The third kappa shape index (κ3) is 4.76. The number of benzene rings is 1. The minimum atomic E-state index is -0.381. The summed E-state index contributed by atoms with van der Waals surface area (Å²) in [4.78, 5) is 11.8. The largest absolute Gasteiger partial charge is 0.493 e. The Balaban J connectivity index is 2.70. The van der Waals surface area contributed by atoms with Gasteiger partial charge in [0.05, 0.1) is 13.7 Å². The molecule has 0 unspecified atom stereocenters. The van der Waals surface area contributed by atoms with Gasteiger partial charge in [0, 0.05) is 12.0 Å². The minimum absolute atomic E-state index is 0.0303. The highest BCUT2D eigenvalue weighted by Gasteiger charge is 2.20. The summed E-state index contributed by atoms with van der Waals surface area (Å²) in [6.45, 7) is 8.89. The maximum Gasteiger partial charge on any atom is 0.225 e.